The molecular formula is C20H21N5O3. The van der Waals surface area contributed by atoms with Gasteiger partial charge < -0.3 is 19.7 Å². The highest BCUT2D eigenvalue weighted by Crippen LogP contribution is 2.22. The van der Waals surface area contributed by atoms with Crippen molar-refractivity contribution in [2.24, 2.45) is 0 Å². The van der Waals surface area contributed by atoms with Gasteiger partial charge >= 0.3 is 0 Å². The third-order valence-corrected chi connectivity index (χ3v) is 4.70. The van der Waals surface area contributed by atoms with Gasteiger partial charge in [-0.2, -0.15) is 0 Å². The number of nitrogens with one attached hydrogen (secondary N) is 2. The first-order valence-electron chi connectivity index (χ1n) is 9.28. The smallest absolute Gasteiger partial charge is 0.287 e. The number of fused-ring (bicyclic) bond motifs is 1. The Kier molecular flexibility index (Phi) is 4.92. The second-order valence-corrected chi connectivity index (χ2v) is 6.78. The molecule has 0 fully saturated rings. The monoisotopic (exact) mass is 379 g/mol. The lowest BCUT2D eigenvalue weighted by Gasteiger charge is -2.17. The maximum atomic E-state index is 12.7. The molecule has 2 aromatic heterocycles. The summed E-state index contributed by atoms with van der Waals surface area (Å²) in [6.07, 6.45) is 2.62. The second kappa shape index (κ2) is 7.67. The van der Waals surface area contributed by atoms with E-state index in [4.69, 9.17) is 4.52 Å². The van der Waals surface area contributed by atoms with Crippen molar-refractivity contribution in [3.05, 3.63) is 64.9 Å². The summed E-state index contributed by atoms with van der Waals surface area (Å²) < 4.78 is 6.83. The van der Waals surface area contributed by atoms with E-state index in [1.165, 1.54) is 0 Å². The van der Waals surface area contributed by atoms with Gasteiger partial charge in [-0.05, 0) is 31.7 Å². The molecule has 0 atom stereocenters. The highest BCUT2D eigenvalue weighted by atomic mass is 16.5. The molecule has 1 aromatic carbocycles. The van der Waals surface area contributed by atoms with Gasteiger partial charge in [0.1, 0.15) is 5.76 Å². The van der Waals surface area contributed by atoms with E-state index in [-0.39, 0.29) is 23.3 Å². The summed E-state index contributed by atoms with van der Waals surface area (Å²) in [7, 11) is 0. The minimum atomic E-state index is -0.388. The van der Waals surface area contributed by atoms with Crippen LogP contribution in [0.15, 0.2) is 40.9 Å². The van der Waals surface area contributed by atoms with Crippen LogP contribution in [0.1, 0.15) is 51.0 Å². The molecule has 0 unspecified atom stereocenters. The number of amides is 2. The van der Waals surface area contributed by atoms with Crippen molar-refractivity contribution in [3.63, 3.8) is 0 Å². The van der Waals surface area contributed by atoms with Crippen LogP contribution in [0.2, 0.25) is 0 Å². The summed E-state index contributed by atoms with van der Waals surface area (Å²) in [5.41, 5.74) is 2.06. The molecule has 8 heteroatoms. The molecule has 0 bridgehead atoms. The van der Waals surface area contributed by atoms with Crippen LogP contribution in [-0.2, 0) is 19.5 Å². The zero-order valence-electron chi connectivity index (χ0n) is 15.6. The Morgan fingerprint density at radius 2 is 2.00 bits per heavy atom. The molecule has 0 saturated carbocycles. The molecule has 3 aromatic rings. The van der Waals surface area contributed by atoms with Gasteiger partial charge in [0.05, 0.1) is 5.69 Å². The maximum absolute atomic E-state index is 12.7. The van der Waals surface area contributed by atoms with Gasteiger partial charge in [-0.25, -0.2) is 4.98 Å². The Labute approximate surface area is 161 Å². The van der Waals surface area contributed by atoms with Crippen molar-refractivity contribution >= 4 is 17.6 Å². The average Bonchev–Trinajstić information content (AvgIpc) is 3.30. The van der Waals surface area contributed by atoms with E-state index >= 15 is 0 Å². The minimum Gasteiger partial charge on any atom is -0.360 e. The van der Waals surface area contributed by atoms with Crippen LogP contribution >= 0.6 is 0 Å². The largest absolute Gasteiger partial charge is 0.360 e. The zero-order chi connectivity index (χ0) is 19.5. The first-order valence-corrected chi connectivity index (χ1v) is 9.28. The molecule has 0 saturated heterocycles. The minimum absolute atomic E-state index is 0.269. The number of hydrogen-bond acceptors (Lipinski definition) is 5. The topological polar surface area (TPSA) is 102 Å². The number of nitrogens with zero attached hydrogens (tertiary/aromatic N) is 3. The molecule has 2 amide bonds. The summed E-state index contributed by atoms with van der Waals surface area (Å²) >= 11 is 0. The van der Waals surface area contributed by atoms with Crippen molar-refractivity contribution in [2.45, 2.75) is 39.3 Å². The molecule has 8 nitrogen and oxygen atoms in total. The third kappa shape index (κ3) is 3.66. The van der Waals surface area contributed by atoms with Gasteiger partial charge in [0, 0.05) is 19.2 Å². The fourth-order valence-electron chi connectivity index (χ4n) is 3.36. The quantitative estimate of drug-likeness (QED) is 0.710. The molecule has 0 spiro atoms. The summed E-state index contributed by atoms with van der Waals surface area (Å²) in [5.74, 6) is 0.523. The maximum Gasteiger partial charge on any atom is 0.287 e. The summed E-state index contributed by atoms with van der Waals surface area (Å²) in [6.45, 7) is 2.82. The SMILES string of the molecule is Cc1cc(NC(=O)c2nc(C(=O)NCc3ccccc3)n3c2CCCC3)no1. The first kappa shape index (κ1) is 18.0. The lowest BCUT2D eigenvalue weighted by Crippen LogP contribution is -2.27. The molecule has 0 aliphatic carbocycles. The molecule has 144 valence electrons. The van der Waals surface area contributed by atoms with Crippen LogP contribution in [0.3, 0.4) is 0 Å². The van der Waals surface area contributed by atoms with E-state index in [1.807, 2.05) is 34.9 Å². The van der Waals surface area contributed by atoms with Gasteiger partial charge in [-0.1, -0.05) is 35.5 Å². The van der Waals surface area contributed by atoms with Crippen molar-refractivity contribution in [1.82, 2.24) is 20.0 Å². The number of aryl methyl sites for hydroxylation is 1. The predicted molar refractivity (Wildman–Crippen MR) is 102 cm³/mol. The van der Waals surface area contributed by atoms with Crippen LogP contribution in [-0.4, -0.2) is 26.5 Å². The number of aromatic nitrogens is 3. The first-order chi connectivity index (χ1) is 13.6. The lowest BCUT2D eigenvalue weighted by atomic mass is 10.1. The molecule has 28 heavy (non-hydrogen) atoms. The molecule has 4 rings (SSSR count). The van der Waals surface area contributed by atoms with E-state index in [0.717, 1.165) is 24.1 Å². The Hall–Kier alpha value is -3.42. The number of anilines is 1. The van der Waals surface area contributed by atoms with Crippen molar-refractivity contribution in [1.29, 1.82) is 0 Å². The molecule has 2 N–H and O–H groups in total. The Morgan fingerprint density at radius 3 is 2.75 bits per heavy atom. The van der Waals surface area contributed by atoms with E-state index in [0.29, 0.717) is 31.1 Å². The summed E-state index contributed by atoms with van der Waals surface area (Å²) in [5, 5.41) is 9.35. The number of rotatable bonds is 5. The predicted octanol–water partition coefficient (Wildman–Crippen LogP) is 2.70. The fraction of sp³-hybridized carbons (Fsp3) is 0.300. The van der Waals surface area contributed by atoms with Crippen molar-refractivity contribution in [3.8, 4) is 0 Å². The van der Waals surface area contributed by atoms with Crippen molar-refractivity contribution in [2.75, 3.05) is 5.32 Å². The highest BCUT2D eigenvalue weighted by Gasteiger charge is 2.27. The standard InChI is InChI=1S/C20H21N5O3/c1-13-11-16(24-28-13)22-19(26)17-15-9-5-6-10-25(15)18(23-17)20(27)21-12-14-7-3-2-4-8-14/h2-4,7-8,11H,5-6,9-10,12H2,1H3,(H,21,27)(H,22,24,26). The Balaban J connectivity index is 1.56. The van der Waals surface area contributed by atoms with E-state index in [9.17, 15) is 9.59 Å². The average molecular weight is 379 g/mol. The van der Waals surface area contributed by atoms with E-state index < -0.39 is 0 Å². The zero-order valence-corrected chi connectivity index (χ0v) is 15.6. The normalized spacial score (nSPS) is 13.0. The molecule has 0 radical (unpaired) electrons. The van der Waals surface area contributed by atoms with Crippen LogP contribution in [0.25, 0.3) is 0 Å². The molecule has 1 aliphatic heterocycles. The number of imidazole rings is 1. The Bertz CT molecular complexity index is 1010. The number of hydrogen-bond donors (Lipinski definition) is 2. The highest BCUT2D eigenvalue weighted by molar-refractivity contribution is 6.04. The van der Waals surface area contributed by atoms with Gasteiger partial charge in [0.15, 0.2) is 17.3 Å². The van der Waals surface area contributed by atoms with E-state index in [1.54, 1.807) is 13.0 Å². The summed E-state index contributed by atoms with van der Waals surface area (Å²) in [6, 6.07) is 11.3. The van der Waals surface area contributed by atoms with Crippen LogP contribution in [0, 0.1) is 6.92 Å². The summed E-state index contributed by atoms with van der Waals surface area (Å²) in [4.78, 5) is 29.8. The number of carbonyl (C=O) groups is 2. The second-order valence-electron chi connectivity index (χ2n) is 6.78. The number of benzene rings is 1. The van der Waals surface area contributed by atoms with Gasteiger partial charge in [-0.3, -0.25) is 9.59 Å². The fourth-order valence-corrected chi connectivity index (χ4v) is 3.36. The van der Waals surface area contributed by atoms with Gasteiger partial charge in [0.25, 0.3) is 11.8 Å². The van der Waals surface area contributed by atoms with Gasteiger partial charge in [0.2, 0.25) is 0 Å². The molecule has 3 heterocycles. The van der Waals surface area contributed by atoms with Crippen LogP contribution in [0.5, 0.6) is 0 Å². The third-order valence-electron chi connectivity index (χ3n) is 4.70. The number of carbonyl (C=O) groups excluding carboxylic acids is 2. The van der Waals surface area contributed by atoms with Crippen LogP contribution in [0.4, 0.5) is 5.82 Å². The van der Waals surface area contributed by atoms with Crippen LogP contribution < -0.4 is 10.6 Å². The Morgan fingerprint density at radius 1 is 1.18 bits per heavy atom. The lowest BCUT2D eigenvalue weighted by molar-refractivity contribution is 0.0935. The van der Waals surface area contributed by atoms with Gasteiger partial charge in [-0.15, -0.1) is 0 Å². The molecular weight excluding hydrogens is 358 g/mol. The van der Waals surface area contributed by atoms with E-state index in [2.05, 4.69) is 20.8 Å². The van der Waals surface area contributed by atoms with Crippen molar-refractivity contribution < 1.29 is 14.1 Å². The molecule has 1 aliphatic rings.